The van der Waals surface area contributed by atoms with E-state index in [1.165, 1.54) is 71.4 Å². The minimum atomic E-state index is -0.514. The van der Waals surface area contributed by atoms with Crippen molar-refractivity contribution >= 4 is 71.3 Å². The van der Waals surface area contributed by atoms with Gasteiger partial charge in [0.05, 0.1) is 16.8 Å². The lowest BCUT2D eigenvalue weighted by Crippen LogP contribution is -2.28. The molecule has 12 aromatic rings. The first-order chi connectivity index (χ1) is 31.3. The van der Waals surface area contributed by atoms with Crippen molar-refractivity contribution in [1.29, 1.82) is 0 Å². The van der Waals surface area contributed by atoms with E-state index >= 15 is 0 Å². The molecule has 0 spiro atoms. The molecule has 0 saturated carbocycles. The molecule has 294 valence electrons. The lowest BCUT2D eigenvalue weighted by Gasteiger charge is -2.35. The van der Waals surface area contributed by atoms with Crippen molar-refractivity contribution in [3.8, 4) is 22.3 Å². The Hall–Kier alpha value is -8.20. The van der Waals surface area contributed by atoms with Crippen molar-refractivity contribution in [1.82, 2.24) is 0 Å². The fraction of sp³-hybridized carbons (Fsp3) is 0.0164. The lowest BCUT2D eigenvalue weighted by molar-refractivity contribution is 0.669. The average molecular weight is 802 g/mol. The molecule has 0 aliphatic heterocycles. The maximum Gasteiger partial charge on any atom is 0.159 e. The first-order valence-electron chi connectivity index (χ1n) is 21.8. The topological polar surface area (TPSA) is 16.4 Å². The van der Waals surface area contributed by atoms with Crippen LogP contribution in [0.5, 0.6) is 0 Å². The molecule has 2 nitrogen and oxygen atoms in total. The van der Waals surface area contributed by atoms with Crippen molar-refractivity contribution in [2.75, 3.05) is 4.90 Å². The van der Waals surface area contributed by atoms with E-state index in [1.54, 1.807) is 0 Å². The standard InChI is InChI=1S/C61H39NO/c1-2-20-41(21-3-1)61(54-32-13-10-25-47(54)48-26-11-14-33-55(48)61)42-36-38-43(39-37-42)62(56-34-17-31-53-49-27-12-15-35-57(49)63-60(53)56)59-52-29-9-7-24-46(52)45-23-6-8-28-51(45)58(59)50-30-16-19-40-18-4-5-22-44(40)50/h1-39H. The van der Waals surface area contributed by atoms with E-state index < -0.39 is 5.41 Å². The Morgan fingerprint density at radius 3 is 1.59 bits per heavy atom. The minimum absolute atomic E-state index is 0.514. The molecule has 0 unspecified atom stereocenters. The predicted octanol–water partition coefficient (Wildman–Crippen LogP) is 16.5. The van der Waals surface area contributed by atoms with Crippen molar-refractivity contribution in [3.05, 3.63) is 259 Å². The summed E-state index contributed by atoms with van der Waals surface area (Å²) in [7, 11) is 0. The number of nitrogens with zero attached hydrogens (tertiary/aromatic N) is 1. The molecule has 1 aromatic heterocycles. The first kappa shape index (κ1) is 35.5. The number of anilines is 3. The van der Waals surface area contributed by atoms with E-state index in [1.807, 2.05) is 0 Å². The molecular weight excluding hydrogens is 763 g/mol. The quantitative estimate of drug-likeness (QED) is 0.156. The zero-order valence-corrected chi connectivity index (χ0v) is 34.4. The number of fused-ring (bicyclic) bond motifs is 10. The molecule has 0 amide bonds. The lowest BCUT2D eigenvalue weighted by atomic mass is 9.67. The third kappa shape index (κ3) is 5.13. The molecule has 0 N–H and O–H groups in total. The second-order valence-electron chi connectivity index (χ2n) is 16.7. The summed E-state index contributed by atoms with van der Waals surface area (Å²) in [4.78, 5) is 2.48. The molecule has 13 rings (SSSR count). The third-order valence-corrected chi connectivity index (χ3v) is 13.5. The second-order valence-corrected chi connectivity index (χ2v) is 16.7. The second kappa shape index (κ2) is 13.9. The van der Waals surface area contributed by atoms with Gasteiger partial charge in [-0.3, -0.25) is 0 Å². The highest BCUT2D eigenvalue weighted by Crippen LogP contribution is 2.57. The number of benzene rings is 11. The van der Waals surface area contributed by atoms with Gasteiger partial charge in [-0.25, -0.2) is 0 Å². The fourth-order valence-corrected chi connectivity index (χ4v) is 10.9. The first-order valence-corrected chi connectivity index (χ1v) is 21.8. The van der Waals surface area contributed by atoms with Crippen LogP contribution in [0.25, 0.3) is 76.5 Å². The van der Waals surface area contributed by atoms with Crippen LogP contribution in [0.4, 0.5) is 17.1 Å². The van der Waals surface area contributed by atoms with Crippen molar-refractivity contribution in [2.24, 2.45) is 0 Å². The molecule has 1 heterocycles. The maximum absolute atomic E-state index is 6.94. The zero-order chi connectivity index (χ0) is 41.5. The van der Waals surface area contributed by atoms with E-state index in [0.717, 1.165) is 44.4 Å². The molecule has 0 radical (unpaired) electrons. The highest BCUT2D eigenvalue weighted by Gasteiger charge is 2.46. The van der Waals surface area contributed by atoms with Crippen LogP contribution in [0, 0.1) is 0 Å². The van der Waals surface area contributed by atoms with Gasteiger partial charge in [0.2, 0.25) is 0 Å². The van der Waals surface area contributed by atoms with Crippen LogP contribution < -0.4 is 4.90 Å². The molecule has 0 atom stereocenters. The van der Waals surface area contributed by atoms with Crippen LogP contribution in [0.2, 0.25) is 0 Å². The summed E-state index contributed by atoms with van der Waals surface area (Å²) >= 11 is 0. The molecule has 1 aliphatic carbocycles. The molecular formula is C61H39NO. The van der Waals surface area contributed by atoms with Gasteiger partial charge in [-0.1, -0.05) is 212 Å². The van der Waals surface area contributed by atoms with E-state index in [4.69, 9.17) is 4.42 Å². The molecule has 0 saturated heterocycles. The highest BCUT2D eigenvalue weighted by atomic mass is 16.3. The maximum atomic E-state index is 6.94. The molecule has 1 aliphatic rings. The minimum Gasteiger partial charge on any atom is -0.454 e. The Kier molecular flexibility index (Phi) is 7.85. The monoisotopic (exact) mass is 801 g/mol. The average Bonchev–Trinajstić information content (AvgIpc) is 3.89. The van der Waals surface area contributed by atoms with Gasteiger partial charge in [0.1, 0.15) is 5.58 Å². The van der Waals surface area contributed by atoms with E-state index in [2.05, 4.69) is 241 Å². The van der Waals surface area contributed by atoms with E-state index in [9.17, 15) is 0 Å². The Morgan fingerprint density at radius 2 is 0.841 bits per heavy atom. The van der Waals surface area contributed by atoms with Gasteiger partial charge in [0.15, 0.2) is 5.58 Å². The predicted molar refractivity (Wildman–Crippen MR) is 264 cm³/mol. The van der Waals surface area contributed by atoms with Crippen LogP contribution in [0.3, 0.4) is 0 Å². The zero-order valence-electron chi connectivity index (χ0n) is 34.4. The Bertz CT molecular complexity index is 3700. The van der Waals surface area contributed by atoms with E-state index in [-0.39, 0.29) is 0 Å². The summed E-state index contributed by atoms with van der Waals surface area (Å²) in [5.41, 5.74) is 14.3. The summed E-state index contributed by atoms with van der Waals surface area (Å²) in [6.07, 6.45) is 0. The number of furan rings is 1. The molecule has 0 bridgehead atoms. The van der Waals surface area contributed by atoms with E-state index in [0.29, 0.717) is 0 Å². The van der Waals surface area contributed by atoms with Crippen molar-refractivity contribution in [2.45, 2.75) is 5.41 Å². The summed E-state index contributed by atoms with van der Waals surface area (Å²) in [5.74, 6) is 0. The van der Waals surface area contributed by atoms with Gasteiger partial charge in [-0.2, -0.15) is 0 Å². The van der Waals surface area contributed by atoms with Crippen LogP contribution in [0.15, 0.2) is 241 Å². The Morgan fingerprint density at radius 1 is 0.333 bits per heavy atom. The van der Waals surface area contributed by atoms with Crippen LogP contribution in [-0.2, 0) is 5.41 Å². The van der Waals surface area contributed by atoms with Crippen LogP contribution >= 0.6 is 0 Å². The van der Waals surface area contributed by atoms with Gasteiger partial charge in [-0.15, -0.1) is 0 Å². The van der Waals surface area contributed by atoms with Crippen molar-refractivity contribution < 1.29 is 4.42 Å². The molecule has 0 fully saturated rings. The molecule has 11 aromatic carbocycles. The summed E-state index contributed by atoms with van der Waals surface area (Å²) in [5, 5.41) is 9.39. The van der Waals surface area contributed by atoms with Gasteiger partial charge in [-0.05, 0) is 90.1 Å². The Labute approximate surface area is 365 Å². The number of hydrogen-bond acceptors (Lipinski definition) is 2. The van der Waals surface area contributed by atoms with Crippen molar-refractivity contribution in [3.63, 3.8) is 0 Å². The summed E-state index contributed by atoms with van der Waals surface area (Å²) in [6, 6.07) is 86.6. The molecule has 63 heavy (non-hydrogen) atoms. The SMILES string of the molecule is c1ccc(C2(c3ccc(N(c4c(-c5cccc6ccccc56)c5ccccc5c5ccccc45)c4cccc5c4oc4ccccc45)cc3)c3ccccc3-c3ccccc32)cc1. The van der Waals surface area contributed by atoms with Gasteiger partial charge in [0, 0.05) is 27.4 Å². The van der Waals surface area contributed by atoms with Gasteiger partial charge in [0.25, 0.3) is 0 Å². The largest absolute Gasteiger partial charge is 0.454 e. The fourth-order valence-electron chi connectivity index (χ4n) is 10.9. The number of hydrogen-bond donors (Lipinski definition) is 0. The highest BCUT2D eigenvalue weighted by molar-refractivity contribution is 6.25. The third-order valence-electron chi connectivity index (χ3n) is 13.5. The number of para-hydroxylation sites is 2. The smallest absolute Gasteiger partial charge is 0.159 e. The normalized spacial score (nSPS) is 12.9. The number of rotatable bonds is 6. The summed E-state index contributed by atoms with van der Waals surface area (Å²) < 4.78 is 6.94. The van der Waals surface area contributed by atoms with Crippen LogP contribution in [-0.4, -0.2) is 0 Å². The summed E-state index contributed by atoms with van der Waals surface area (Å²) in [6.45, 7) is 0. The molecule has 2 heteroatoms. The van der Waals surface area contributed by atoms with Crippen LogP contribution in [0.1, 0.15) is 22.3 Å². The van der Waals surface area contributed by atoms with Gasteiger partial charge >= 0.3 is 0 Å². The van der Waals surface area contributed by atoms with Gasteiger partial charge < -0.3 is 9.32 Å². The Balaban J connectivity index is 1.15.